The van der Waals surface area contributed by atoms with E-state index in [-0.39, 0.29) is 27.3 Å². The molecule has 2 rings (SSSR count). The zero-order valence-corrected chi connectivity index (χ0v) is 14.9. The van der Waals surface area contributed by atoms with Gasteiger partial charge in [0.25, 0.3) is 9.05 Å². The van der Waals surface area contributed by atoms with Gasteiger partial charge in [-0.2, -0.15) is 0 Å². The van der Waals surface area contributed by atoms with Gasteiger partial charge in [-0.3, -0.25) is 0 Å². The minimum Gasteiger partial charge on any atom is -0.485 e. The first kappa shape index (κ1) is 16.8. The predicted octanol–water partition coefficient (Wildman–Crippen LogP) is 4.57. The lowest BCUT2D eigenvalue weighted by molar-refractivity contribution is 0.305. The van der Waals surface area contributed by atoms with Crippen molar-refractivity contribution in [3.8, 4) is 5.75 Å². The van der Waals surface area contributed by atoms with Crippen molar-refractivity contribution in [3.63, 3.8) is 0 Å². The Hall–Kier alpha value is -0.530. The van der Waals surface area contributed by atoms with E-state index in [1.165, 1.54) is 23.5 Å². The normalized spacial score (nSPS) is 11.7. The number of aromatic nitrogens is 1. The number of benzene rings is 1. The van der Waals surface area contributed by atoms with Gasteiger partial charge >= 0.3 is 0 Å². The summed E-state index contributed by atoms with van der Waals surface area (Å²) in [5.41, 5.74) is 0.950. The van der Waals surface area contributed by atoms with E-state index in [1.807, 2.05) is 13.8 Å². The summed E-state index contributed by atoms with van der Waals surface area (Å²) in [5, 5.41) is 0.866. The summed E-state index contributed by atoms with van der Waals surface area (Å²) in [6.45, 7) is 4.11. The molecule has 0 radical (unpaired) electrons. The highest BCUT2D eigenvalue weighted by atomic mass is 35.7. The molecule has 114 valence electrons. The van der Waals surface area contributed by atoms with Crippen LogP contribution in [-0.2, 0) is 15.7 Å². The van der Waals surface area contributed by atoms with Crippen LogP contribution in [0, 0.1) is 13.8 Å². The molecule has 0 aliphatic rings. The van der Waals surface area contributed by atoms with Crippen molar-refractivity contribution in [2.24, 2.45) is 0 Å². The average molecular weight is 387 g/mol. The minimum atomic E-state index is -3.95. The van der Waals surface area contributed by atoms with Crippen molar-refractivity contribution in [2.45, 2.75) is 25.3 Å². The van der Waals surface area contributed by atoms with Gasteiger partial charge in [0.15, 0.2) is 0 Å². The SMILES string of the molecule is Cc1nc(COc2cc(Cl)c(S(=O)(=O)Cl)cc2Cl)sc1C. The maximum Gasteiger partial charge on any atom is 0.262 e. The molecule has 4 nitrogen and oxygen atoms in total. The monoisotopic (exact) mass is 385 g/mol. The molecule has 0 N–H and O–H groups in total. The minimum absolute atomic E-state index is 0.0455. The summed E-state index contributed by atoms with van der Waals surface area (Å²) in [6.07, 6.45) is 0. The van der Waals surface area contributed by atoms with E-state index >= 15 is 0 Å². The van der Waals surface area contributed by atoms with Crippen LogP contribution in [-0.4, -0.2) is 13.4 Å². The number of nitrogens with zero attached hydrogens (tertiary/aromatic N) is 1. The molecule has 0 fully saturated rings. The summed E-state index contributed by atoms with van der Waals surface area (Å²) >= 11 is 13.4. The number of hydrogen-bond acceptors (Lipinski definition) is 5. The smallest absolute Gasteiger partial charge is 0.262 e. The van der Waals surface area contributed by atoms with Gasteiger partial charge < -0.3 is 4.74 Å². The molecule has 9 heteroatoms. The zero-order chi connectivity index (χ0) is 15.8. The molecule has 0 bridgehead atoms. The van der Waals surface area contributed by atoms with Gasteiger partial charge in [0.1, 0.15) is 22.3 Å². The third-order valence-corrected chi connectivity index (χ3v) is 5.80. The van der Waals surface area contributed by atoms with Crippen molar-refractivity contribution in [1.82, 2.24) is 4.98 Å². The Kier molecular flexibility index (Phi) is 5.05. The first-order valence-electron chi connectivity index (χ1n) is 5.68. The first-order chi connectivity index (χ1) is 9.68. The van der Waals surface area contributed by atoms with Crippen LogP contribution >= 0.6 is 45.2 Å². The molecule has 0 aliphatic heterocycles. The molecule has 2 aromatic rings. The number of rotatable bonds is 4. The highest BCUT2D eigenvalue weighted by Gasteiger charge is 2.18. The van der Waals surface area contributed by atoms with Crippen molar-refractivity contribution in [2.75, 3.05) is 0 Å². The Morgan fingerprint density at radius 3 is 2.43 bits per heavy atom. The zero-order valence-electron chi connectivity index (χ0n) is 11.0. The maximum absolute atomic E-state index is 11.3. The molecule has 1 aromatic carbocycles. The van der Waals surface area contributed by atoms with Crippen LogP contribution in [0.5, 0.6) is 5.75 Å². The van der Waals surface area contributed by atoms with Crippen LogP contribution < -0.4 is 4.74 Å². The van der Waals surface area contributed by atoms with E-state index in [1.54, 1.807) is 0 Å². The molecule has 1 heterocycles. The predicted molar refractivity (Wildman–Crippen MR) is 85.4 cm³/mol. The number of aryl methyl sites for hydroxylation is 2. The van der Waals surface area contributed by atoms with Gasteiger partial charge in [-0.15, -0.1) is 11.3 Å². The lowest BCUT2D eigenvalue weighted by Gasteiger charge is -2.09. The lowest BCUT2D eigenvalue weighted by Crippen LogP contribution is -1.98. The van der Waals surface area contributed by atoms with Crippen LogP contribution in [0.15, 0.2) is 17.0 Å². The highest BCUT2D eigenvalue weighted by Crippen LogP contribution is 2.35. The number of halogens is 3. The van der Waals surface area contributed by atoms with Gasteiger partial charge in [0.05, 0.1) is 15.7 Å². The fourth-order valence-electron chi connectivity index (χ4n) is 1.55. The second-order valence-corrected chi connectivity index (χ2v) is 8.83. The molecule has 21 heavy (non-hydrogen) atoms. The molecule has 1 aromatic heterocycles. The molecule has 0 spiro atoms. The summed E-state index contributed by atoms with van der Waals surface area (Å²) in [5.74, 6) is 0.274. The van der Waals surface area contributed by atoms with E-state index < -0.39 is 9.05 Å². The molecule has 0 aliphatic carbocycles. The van der Waals surface area contributed by atoms with Crippen molar-refractivity contribution >= 4 is 54.3 Å². The molecule has 0 saturated heterocycles. The van der Waals surface area contributed by atoms with Gasteiger partial charge in [-0.25, -0.2) is 13.4 Å². The Morgan fingerprint density at radius 1 is 1.24 bits per heavy atom. The van der Waals surface area contributed by atoms with Crippen LogP contribution in [0.3, 0.4) is 0 Å². The molecular weight excluding hydrogens is 377 g/mol. The highest BCUT2D eigenvalue weighted by molar-refractivity contribution is 8.13. The third kappa shape index (κ3) is 4.02. The third-order valence-electron chi connectivity index (χ3n) is 2.67. The van der Waals surface area contributed by atoms with Gasteiger partial charge in [0, 0.05) is 21.6 Å². The van der Waals surface area contributed by atoms with Crippen LogP contribution in [0.25, 0.3) is 0 Å². The summed E-state index contributed by atoms with van der Waals surface area (Å²) in [4.78, 5) is 5.20. The Labute approximate surface area is 141 Å². The van der Waals surface area contributed by atoms with Gasteiger partial charge in [-0.1, -0.05) is 23.2 Å². The van der Waals surface area contributed by atoms with Gasteiger partial charge in [0.2, 0.25) is 0 Å². The fraction of sp³-hybridized carbons (Fsp3) is 0.250. The van der Waals surface area contributed by atoms with Crippen molar-refractivity contribution < 1.29 is 13.2 Å². The number of thiazole rings is 1. The molecule has 0 saturated carbocycles. The maximum atomic E-state index is 11.3. The second-order valence-electron chi connectivity index (χ2n) is 4.19. The topological polar surface area (TPSA) is 56.3 Å². The molecule has 0 amide bonds. The lowest BCUT2D eigenvalue weighted by atomic mass is 10.3. The number of hydrogen-bond donors (Lipinski definition) is 0. The van der Waals surface area contributed by atoms with Crippen molar-refractivity contribution in [1.29, 1.82) is 0 Å². The summed E-state index contributed by atoms with van der Waals surface area (Å²) in [6, 6.07) is 2.49. The summed E-state index contributed by atoms with van der Waals surface area (Å²) < 4.78 is 28.2. The summed E-state index contributed by atoms with van der Waals surface area (Å²) in [7, 11) is 1.31. The fourth-order valence-corrected chi connectivity index (χ4v) is 4.19. The van der Waals surface area contributed by atoms with Crippen molar-refractivity contribution in [3.05, 3.63) is 37.8 Å². The van der Waals surface area contributed by atoms with E-state index in [2.05, 4.69) is 4.98 Å². The van der Waals surface area contributed by atoms with Crippen LogP contribution in [0.4, 0.5) is 0 Å². The quantitative estimate of drug-likeness (QED) is 0.722. The Balaban J connectivity index is 2.23. The molecule has 0 unspecified atom stereocenters. The number of ether oxygens (including phenoxy) is 1. The van der Waals surface area contributed by atoms with E-state index in [4.69, 9.17) is 38.6 Å². The van der Waals surface area contributed by atoms with Crippen LogP contribution in [0.2, 0.25) is 10.0 Å². The standard InChI is InChI=1S/C12H10Cl3NO3S2/c1-6-7(2)20-12(16-6)5-19-10-3-9(14)11(4-8(10)13)21(15,17)18/h3-4H,5H2,1-2H3. The largest absolute Gasteiger partial charge is 0.485 e. The Bertz CT molecular complexity index is 768. The van der Waals surface area contributed by atoms with E-state index in [9.17, 15) is 8.42 Å². The van der Waals surface area contributed by atoms with Gasteiger partial charge in [-0.05, 0) is 19.9 Å². The first-order valence-corrected chi connectivity index (χ1v) is 9.56. The molecule has 0 atom stereocenters. The average Bonchev–Trinajstić information content (AvgIpc) is 2.68. The molecular formula is C12H10Cl3NO3S2. The van der Waals surface area contributed by atoms with Crippen LogP contribution in [0.1, 0.15) is 15.6 Å². The van der Waals surface area contributed by atoms with E-state index in [0.29, 0.717) is 0 Å². The Morgan fingerprint density at radius 2 is 1.90 bits per heavy atom. The second kappa shape index (κ2) is 6.30. The van der Waals surface area contributed by atoms with E-state index in [0.717, 1.165) is 15.6 Å².